The molecule has 1 aliphatic heterocycles. The highest BCUT2D eigenvalue weighted by Gasteiger charge is 2.47. The summed E-state index contributed by atoms with van der Waals surface area (Å²) in [6.07, 6.45) is 9.03. The number of nitrogens with two attached hydrogens (primary N) is 1. The van der Waals surface area contributed by atoms with Gasteiger partial charge in [-0.15, -0.1) is 0 Å². The molecule has 6 heteroatoms. The van der Waals surface area contributed by atoms with Crippen molar-refractivity contribution in [1.82, 2.24) is 20.1 Å². The monoisotopic (exact) mass is 293 g/mol. The molecule has 0 amide bonds. The average molecular weight is 293 g/mol. The molecule has 1 saturated heterocycles. The van der Waals surface area contributed by atoms with E-state index in [1.807, 2.05) is 10.9 Å². The fourth-order valence-electron chi connectivity index (χ4n) is 4.05. The summed E-state index contributed by atoms with van der Waals surface area (Å²) in [5.41, 5.74) is 4.41. The lowest BCUT2D eigenvalue weighted by atomic mass is 9.83. The summed E-state index contributed by atoms with van der Waals surface area (Å²) >= 11 is 0. The van der Waals surface area contributed by atoms with Crippen molar-refractivity contribution in [2.24, 2.45) is 5.84 Å². The van der Waals surface area contributed by atoms with Crippen LogP contribution >= 0.6 is 0 Å². The Labute approximate surface area is 126 Å². The van der Waals surface area contributed by atoms with E-state index in [1.54, 1.807) is 0 Å². The van der Waals surface area contributed by atoms with Gasteiger partial charge in [-0.3, -0.25) is 20.9 Å². The van der Waals surface area contributed by atoms with E-state index in [-0.39, 0.29) is 11.6 Å². The summed E-state index contributed by atoms with van der Waals surface area (Å²) in [6.45, 7) is 6.65. The van der Waals surface area contributed by atoms with Crippen LogP contribution in [0, 0.1) is 0 Å². The van der Waals surface area contributed by atoms with E-state index in [1.165, 1.54) is 31.2 Å². The topological polar surface area (TPSA) is 68.3 Å². The number of nitrogens with one attached hydrogen (secondary N) is 1. The molecule has 1 saturated carbocycles. The Morgan fingerprint density at radius 2 is 2.10 bits per heavy atom. The Morgan fingerprint density at radius 1 is 1.38 bits per heavy atom. The van der Waals surface area contributed by atoms with Gasteiger partial charge in [-0.2, -0.15) is 5.10 Å². The smallest absolute Gasteiger partial charge is 0.0674 e. The quantitative estimate of drug-likeness (QED) is 0.627. The molecule has 1 aliphatic carbocycles. The van der Waals surface area contributed by atoms with E-state index >= 15 is 0 Å². The van der Waals surface area contributed by atoms with Crippen LogP contribution in [0.3, 0.4) is 0 Å². The maximum atomic E-state index is 5.98. The molecule has 21 heavy (non-hydrogen) atoms. The zero-order valence-electron chi connectivity index (χ0n) is 12.9. The molecule has 1 atom stereocenters. The molecule has 0 radical (unpaired) electrons. The van der Waals surface area contributed by atoms with Gasteiger partial charge in [0.15, 0.2) is 0 Å². The Hall–Kier alpha value is -0.950. The molecule has 0 aromatic carbocycles. The summed E-state index contributed by atoms with van der Waals surface area (Å²) in [5.74, 6) is 5.98. The van der Waals surface area contributed by atoms with E-state index in [0.29, 0.717) is 0 Å². The van der Waals surface area contributed by atoms with Gasteiger partial charge < -0.3 is 4.74 Å². The largest absolute Gasteiger partial charge is 0.379 e. The van der Waals surface area contributed by atoms with Crippen molar-refractivity contribution >= 4 is 0 Å². The Balaban J connectivity index is 1.89. The third-order valence-electron chi connectivity index (χ3n) is 5.12. The molecule has 2 heterocycles. The summed E-state index contributed by atoms with van der Waals surface area (Å²) in [6, 6.07) is 0.137. The predicted octanol–water partition coefficient (Wildman–Crippen LogP) is 1.05. The first-order chi connectivity index (χ1) is 10.3. The number of nitrogens with zero attached hydrogens (tertiary/aromatic N) is 3. The predicted molar refractivity (Wildman–Crippen MR) is 81.6 cm³/mol. The minimum atomic E-state index is 0.111. The lowest BCUT2D eigenvalue weighted by Gasteiger charge is -2.47. The molecule has 6 nitrogen and oxygen atoms in total. The van der Waals surface area contributed by atoms with Crippen LogP contribution in [0.2, 0.25) is 0 Å². The molecular formula is C15H27N5O. The van der Waals surface area contributed by atoms with E-state index in [2.05, 4.69) is 28.5 Å². The molecule has 1 aromatic heterocycles. The van der Waals surface area contributed by atoms with Gasteiger partial charge in [-0.1, -0.05) is 12.8 Å². The molecule has 2 fully saturated rings. The Bertz CT molecular complexity index is 449. The summed E-state index contributed by atoms with van der Waals surface area (Å²) in [5, 5.41) is 4.43. The van der Waals surface area contributed by atoms with Gasteiger partial charge in [0, 0.05) is 36.9 Å². The molecule has 2 aliphatic rings. The molecule has 3 N–H and O–H groups in total. The number of morpholine rings is 1. The summed E-state index contributed by atoms with van der Waals surface area (Å²) in [7, 11) is 0. The first-order valence-corrected chi connectivity index (χ1v) is 8.11. The number of hydrogen-bond acceptors (Lipinski definition) is 5. The maximum absolute atomic E-state index is 5.98. The number of aryl methyl sites for hydroxylation is 1. The zero-order valence-corrected chi connectivity index (χ0v) is 12.9. The summed E-state index contributed by atoms with van der Waals surface area (Å²) < 4.78 is 7.51. The molecule has 118 valence electrons. The van der Waals surface area contributed by atoms with Gasteiger partial charge >= 0.3 is 0 Å². The highest BCUT2D eigenvalue weighted by Crippen LogP contribution is 2.44. The maximum Gasteiger partial charge on any atom is 0.0674 e. The number of aromatic nitrogens is 2. The normalized spacial score (nSPS) is 24.3. The van der Waals surface area contributed by atoms with Crippen molar-refractivity contribution in [2.75, 3.05) is 26.3 Å². The van der Waals surface area contributed by atoms with E-state index in [4.69, 9.17) is 10.6 Å². The third kappa shape index (κ3) is 2.73. The molecule has 3 rings (SSSR count). The molecule has 0 spiro atoms. The fraction of sp³-hybridized carbons (Fsp3) is 0.800. The van der Waals surface area contributed by atoms with Crippen LogP contribution in [0.15, 0.2) is 12.4 Å². The lowest BCUT2D eigenvalue weighted by Crippen LogP contribution is -2.59. The minimum absolute atomic E-state index is 0.111. The molecular weight excluding hydrogens is 266 g/mol. The van der Waals surface area contributed by atoms with Crippen molar-refractivity contribution in [3.63, 3.8) is 0 Å². The SMILES string of the molecule is CCn1cc(C(NN)C2(N3CCOCC3)CCCC2)cn1. The van der Waals surface area contributed by atoms with Crippen LogP contribution in [0.5, 0.6) is 0 Å². The van der Waals surface area contributed by atoms with Crippen LogP contribution in [0.4, 0.5) is 0 Å². The zero-order chi connectivity index (χ0) is 14.7. The first-order valence-electron chi connectivity index (χ1n) is 8.11. The molecule has 1 unspecified atom stereocenters. The number of hydrogen-bond donors (Lipinski definition) is 2. The van der Waals surface area contributed by atoms with Crippen molar-refractivity contribution < 1.29 is 4.74 Å². The minimum Gasteiger partial charge on any atom is -0.379 e. The van der Waals surface area contributed by atoms with Crippen LogP contribution in [-0.4, -0.2) is 46.5 Å². The van der Waals surface area contributed by atoms with E-state index in [9.17, 15) is 0 Å². The van der Waals surface area contributed by atoms with Gasteiger partial charge in [0.05, 0.1) is 25.5 Å². The highest BCUT2D eigenvalue weighted by molar-refractivity contribution is 5.19. The molecule has 0 bridgehead atoms. The van der Waals surface area contributed by atoms with Gasteiger partial charge in [0.1, 0.15) is 0 Å². The third-order valence-corrected chi connectivity index (χ3v) is 5.12. The van der Waals surface area contributed by atoms with Crippen LogP contribution in [0.1, 0.15) is 44.2 Å². The van der Waals surface area contributed by atoms with Gasteiger partial charge in [-0.25, -0.2) is 0 Å². The van der Waals surface area contributed by atoms with Crippen LogP contribution in [-0.2, 0) is 11.3 Å². The van der Waals surface area contributed by atoms with E-state index in [0.717, 1.165) is 32.8 Å². The standard InChI is InChI=1S/C15H27N5O/c1-2-20-12-13(11-17-20)14(18-16)15(5-3-4-6-15)19-7-9-21-10-8-19/h11-12,14,18H,2-10,16H2,1H3. The van der Waals surface area contributed by atoms with Crippen molar-refractivity contribution in [3.8, 4) is 0 Å². The fourth-order valence-corrected chi connectivity index (χ4v) is 4.05. The van der Waals surface area contributed by atoms with Crippen molar-refractivity contribution in [3.05, 3.63) is 18.0 Å². The summed E-state index contributed by atoms with van der Waals surface area (Å²) in [4.78, 5) is 2.59. The molecule has 1 aromatic rings. The second kappa shape index (κ2) is 6.44. The van der Waals surface area contributed by atoms with Gasteiger partial charge in [-0.05, 0) is 19.8 Å². The lowest BCUT2D eigenvalue weighted by molar-refractivity contribution is -0.0364. The van der Waals surface area contributed by atoms with Crippen LogP contribution < -0.4 is 11.3 Å². The Morgan fingerprint density at radius 3 is 2.67 bits per heavy atom. The second-order valence-electron chi connectivity index (χ2n) is 6.14. The van der Waals surface area contributed by atoms with Crippen molar-refractivity contribution in [1.29, 1.82) is 0 Å². The number of hydrazine groups is 1. The van der Waals surface area contributed by atoms with Crippen molar-refractivity contribution in [2.45, 2.75) is 50.7 Å². The van der Waals surface area contributed by atoms with E-state index < -0.39 is 0 Å². The van der Waals surface area contributed by atoms with Gasteiger partial charge in [0.25, 0.3) is 0 Å². The number of rotatable bonds is 5. The average Bonchev–Trinajstić information content (AvgIpc) is 3.19. The van der Waals surface area contributed by atoms with Crippen LogP contribution in [0.25, 0.3) is 0 Å². The second-order valence-corrected chi connectivity index (χ2v) is 6.14. The Kier molecular flexibility index (Phi) is 4.59. The highest BCUT2D eigenvalue weighted by atomic mass is 16.5. The first kappa shape index (κ1) is 15.0. The van der Waals surface area contributed by atoms with Gasteiger partial charge in [0.2, 0.25) is 0 Å². The number of ether oxygens (including phenoxy) is 1.